The highest BCUT2D eigenvalue weighted by atomic mass is 16.5. The fraction of sp³-hybridized carbons (Fsp3) is 0.438. The molecular weight excluding hydrogens is 332 g/mol. The van der Waals surface area contributed by atoms with Gasteiger partial charge < -0.3 is 19.9 Å². The molecule has 0 aliphatic carbocycles. The Balaban J connectivity index is 3.01. The van der Waals surface area contributed by atoms with Crippen molar-refractivity contribution < 1.29 is 33.8 Å². The Kier molecular flexibility index (Phi) is 8.04. The zero-order chi connectivity index (χ0) is 18.8. The van der Waals surface area contributed by atoms with E-state index < -0.39 is 42.2 Å². The second kappa shape index (κ2) is 10.0. The minimum Gasteiger partial charge on any atom is -0.480 e. The maximum absolute atomic E-state index is 12.2. The van der Waals surface area contributed by atoms with Crippen molar-refractivity contribution in [3.63, 3.8) is 0 Å². The van der Waals surface area contributed by atoms with E-state index in [1.165, 1.54) is 24.5 Å². The summed E-state index contributed by atoms with van der Waals surface area (Å²) in [5.41, 5.74) is 0.118. The molecule has 136 valence electrons. The van der Waals surface area contributed by atoms with E-state index in [9.17, 15) is 24.3 Å². The molecule has 0 radical (unpaired) electrons. The lowest BCUT2D eigenvalue weighted by Crippen LogP contribution is -2.49. The summed E-state index contributed by atoms with van der Waals surface area (Å²) >= 11 is 0. The Morgan fingerprint density at radius 2 is 1.88 bits per heavy atom. The third-order valence-electron chi connectivity index (χ3n) is 3.16. The molecular formula is C16H20N2O7. The average Bonchev–Trinajstić information content (AvgIpc) is 2.58. The summed E-state index contributed by atoms with van der Waals surface area (Å²) in [6, 6.07) is 1.29. The van der Waals surface area contributed by atoms with Gasteiger partial charge in [-0.2, -0.15) is 0 Å². The van der Waals surface area contributed by atoms with Gasteiger partial charge in [-0.05, 0) is 26.0 Å². The van der Waals surface area contributed by atoms with Crippen LogP contribution in [0.5, 0.6) is 0 Å². The summed E-state index contributed by atoms with van der Waals surface area (Å²) in [6.07, 6.45) is 2.17. The van der Waals surface area contributed by atoms with Gasteiger partial charge in [0.25, 0.3) is 5.91 Å². The number of pyridine rings is 1. The number of carbonyl (C=O) groups excluding carboxylic acids is 3. The molecule has 1 rings (SSSR count). The third-order valence-corrected chi connectivity index (χ3v) is 3.16. The van der Waals surface area contributed by atoms with Crippen molar-refractivity contribution in [2.75, 3.05) is 13.2 Å². The number of nitrogens with one attached hydrogen (secondary N) is 1. The first kappa shape index (κ1) is 20.1. The van der Waals surface area contributed by atoms with Crippen molar-refractivity contribution in [3.05, 3.63) is 30.1 Å². The molecule has 9 heteroatoms. The number of hydrogen-bond acceptors (Lipinski definition) is 7. The predicted octanol–water partition coefficient (Wildman–Crippen LogP) is 0.397. The van der Waals surface area contributed by atoms with Gasteiger partial charge in [-0.25, -0.2) is 4.79 Å². The van der Waals surface area contributed by atoms with Gasteiger partial charge in [-0.1, -0.05) is 0 Å². The van der Waals surface area contributed by atoms with Crippen molar-refractivity contribution in [2.45, 2.75) is 26.3 Å². The second-order valence-electron chi connectivity index (χ2n) is 4.90. The average molecular weight is 352 g/mol. The number of hydrogen-bond donors (Lipinski definition) is 2. The largest absolute Gasteiger partial charge is 0.480 e. The lowest BCUT2D eigenvalue weighted by molar-refractivity contribution is -0.159. The molecule has 0 aromatic carbocycles. The minimum absolute atomic E-state index is 0.00104. The van der Waals surface area contributed by atoms with Gasteiger partial charge in [0.05, 0.1) is 31.1 Å². The number of carboxylic acid groups (broad SMARTS) is 1. The molecule has 0 unspecified atom stereocenters. The Morgan fingerprint density at radius 1 is 1.20 bits per heavy atom. The van der Waals surface area contributed by atoms with E-state index in [-0.39, 0.29) is 18.8 Å². The number of carboxylic acids is 1. The smallest absolute Gasteiger partial charge is 0.327 e. The summed E-state index contributed by atoms with van der Waals surface area (Å²) in [7, 11) is 0. The van der Waals surface area contributed by atoms with Crippen LogP contribution in [0.4, 0.5) is 0 Å². The Labute approximate surface area is 144 Å². The summed E-state index contributed by atoms with van der Waals surface area (Å²) in [5.74, 6) is -5.30. The summed E-state index contributed by atoms with van der Waals surface area (Å²) < 4.78 is 9.59. The van der Waals surface area contributed by atoms with Gasteiger partial charge in [0.15, 0.2) is 0 Å². The highest BCUT2D eigenvalue weighted by Crippen LogP contribution is 2.15. The molecule has 25 heavy (non-hydrogen) atoms. The number of amides is 1. The Bertz CT molecular complexity index is 618. The monoisotopic (exact) mass is 352 g/mol. The van der Waals surface area contributed by atoms with E-state index in [1.54, 1.807) is 13.8 Å². The number of rotatable bonds is 9. The number of ether oxygens (including phenoxy) is 2. The number of nitrogens with zero attached hydrogens (tertiary/aromatic N) is 1. The molecule has 0 fully saturated rings. The fourth-order valence-corrected chi connectivity index (χ4v) is 2.04. The highest BCUT2D eigenvalue weighted by molar-refractivity contribution is 5.98. The molecule has 2 N–H and O–H groups in total. The van der Waals surface area contributed by atoms with Gasteiger partial charge in [-0.3, -0.25) is 19.4 Å². The Morgan fingerprint density at radius 3 is 2.40 bits per heavy atom. The molecule has 0 aliphatic rings. The summed E-state index contributed by atoms with van der Waals surface area (Å²) in [5, 5.41) is 11.6. The fourth-order valence-electron chi connectivity index (χ4n) is 2.04. The predicted molar refractivity (Wildman–Crippen MR) is 84.5 cm³/mol. The van der Waals surface area contributed by atoms with E-state index >= 15 is 0 Å². The van der Waals surface area contributed by atoms with E-state index in [0.717, 1.165) is 0 Å². The number of carbonyl (C=O) groups is 4. The molecule has 1 heterocycles. The first-order chi connectivity index (χ1) is 11.9. The molecule has 1 aromatic heterocycles. The van der Waals surface area contributed by atoms with Gasteiger partial charge >= 0.3 is 17.9 Å². The van der Waals surface area contributed by atoms with Crippen molar-refractivity contribution in [1.82, 2.24) is 10.3 Å². The van der Waals surface area contributed by atoms with Crippen LogP contribution in [0.15, 0.2) is 24.5 Å². The first-order valence-electron chi connectivity index (χ1n) is 7.66. The second-order valence-corrected chi connectivity index (χ2v) is 4.90. The van der Waals surface area contributed by atoms with E-state index in [2.05, 4.69) is 10.3 Å². The maximum atomic E-state index is 12.2. The van der Waals surface area contributed by atoms with Gasteiger partial charge in [-0.15, -0.1) is 0 Å². The topological polar surface area (TPSA) is 132 Å². The van der Waals surface area contributed by atoms with Gasteiger partial charge in [0.1, 0.15) is 6.04 Å². The molecule has 0 aliphatic heterocycles. The van der Waals surface area contributed by atoms with Crippen molar-refractivity contribution in [2.24, 2.45) is 5.92 Å². The third kappa shape index (κ3) is 6.21. The van der Waals surface area contributed by atoms with Crippen LogP contribution >= 0.6 is 0 Å². The number of aromatic nitrogens is 1. The lowest BCUT2D eigenvalue weighted by Gasteiger charge is -2.22. The van der Waals surface area contributed by atoms with E-state index in [0.29, 0.717) is 0 Å². The molecule has 0 saturated carbocycles. The van der Waals surface area contributed by atoms with E-state index in [1.807, 2.05) is 0 Å². The SMILES string of the molecule is CCOC(=O)C[C@@H](C(=O)OCC)[C@@H](NC(=O)c1cccnc1)C(=O)O. The number of aliphatic carboxylic acids is 1. The number of esters is 2. The zero-order valence-corrected chi connectivity index (χ0v) is 13.9. The van der Waals surface area contributed by atoms with Crippen LogP contribution in [0.1, 0.15) is 30.6 Å². The molecule has 0 saturated heterocycles. The molecule has 1 aromatic rings. The quantitative estimate of drug-likeness (QED) is 0.610. The van der Waals surface area contributed by atoms with Crippen LogP contribution in [0, 0.1) is 5.92 Å². The van der Waals surface area contributed by atoms with Crippen LogP contribution in [0.25, 0.3) is 0 Å². The van der Waals surface area contributed by atoms with Crippen LogP contribution in [-0.2, 0) is 23.9 Å². The first-order valence-corrected chi connectivity index (χ1v) is 7.66. The van der Waals surface area contributed by atoms with Crippen molar-refractivity contribution in [1.29, 1.82) is 0 Å². The van der Waals surface area contributed by atoms with Crippen LogP contribution in [-0.4, -0.2) is 53.2 Å². The molecule has 0 bridgehead atoms. The van der Waals surface area contributed by atoms with Crippen LogP contribution in [0.2, 0.25) is 0 Å². The van der Waals surface area contributed by atoms with Gasteiger partial charge in [0, 0.05) is 12.4 Å². The molecule has 1 amide bonds. The maximum Gasteiger partial charge on any atom is 0.327 e. The van der Waals surface area contributed by atoms with Crippen molar-refractivity contribution >= 4 is 23.8 Å². The standard InChI is InChI=1S/C16H20N2O7/c1-3-24-12(19)8-11(16(23)25-4-2)13(15(21)22)18-14(20)10-6-5-7-17-9-10/h5-7,9,11,13H,3-4,8H2,1-2H3,(H,18,20)(H,21,22)/t11-,13-/m1/s1. The van der Waals surface area contributed by atoms with Crippen LogP contribution < -0.4 is 5.32 Å². The van der Waals surface area contributed by atoms with Crippen molar-refractivity contribution in [3.8, 4) is 0 Å². The minimum atomic E-state index is -1.66. The van der Waals surface area contributed by atoms with Gasteiger partial charge in [0.2, 0.25) is 0 Å². The summed E-state index contributed by atoms with van der Waals surface area (Å²) in [6.45, 7) is 3.20. The highest BCUT2D eigenvalue weighted by Gasteiger charge is 2.38. The Hall–Kier alpha value is -2.97. The normalized spacial score (nSPS) is 12.6. The zero-order valence-electron chi connectivity index (χ0n) is 13.9. The van der Waals surface area contributed by atoms with Crippen LogP contribution in [0.3, 0.4) is 0 Å². The molecule has 2 atom stereocenters. The molecule has 9 nitrogen and oxygen atoms in total. The summed E-state index contributed by atoms with van der Waals surface area (Å²) in [4.78, 5) is 51.3. The molecule has 0 spiro atoms. The van der Waals surface area contributed by atoms with E-state index in [4.69, 9.17) is 9.47 Å². The lowest BCUT2D eigenvalue weighted by atomic mass is 9.95.